The van der Waals surface area contributed by atoms with Crippen molar-refractivity contribution in [3.8, 4) is 0 Å². The van der Waals surface area contributed by atoms with E-state index in [1.54, 1.807) is 0 Å². The van der Waals surface area contributed by atoms with E-state index in [1.165, 1.54) is 180 Å². The summed E-state index contributed by atoms with van der Waals surface area (Å²) < 4.78 is 16.8. The van der Waals surface area contributed by atoms with E-state index >= 15 is 0 Å². The summed E-state index contributed by atoms with van der Waals surface area (Å²) in [6.07, 6.45) is 46.6. The summed E-state index contributed by atoms with van der Waals surface area (Å²) in [5.41, 5.74) is 0. The van der Waals surface area contributed by atoms with E-state index in [1.807, 2.05) is 0 Å². The van der Waals surface area contributed by atoms with Crippen LogP contribution in [0.5, 0.6) is 0 Å². The van der Waals surface area contributed by atoms with Gasteiger partial charge in [-0.1, -0.05) is 246 Å². The molecule has 6 heteroatoms. The summed E-state index contributed by atoms with van der Waals surface area (Å²) in [5.74, 6) is -0.00236. The fourth-order valence-corrected chi connectivity index (χ4v) is 7.69. The van der Waals surface area contributed by atoms with Gasteiger partial charge >= 0.3 is 17.9 Å². The number of carbonyl (C=O) groups excluding carboxylic acids is 3. The molecule has 0 saturated heterocycles. The number of hydrogen-bond acceptors (Lipinski definition) is 6. The molecule has 57 heavy (non-hydrogen) atoms. The van der Waals surface area contributed by atoms with Gasteiger partial charge in [0.2, 0.25) is 0 Å². The molecule has 0 aliphatic carbocycles. The summed E-state index contributed by atoms with van der Waals surface area (Å²) in [4.78, 5) is 37.8. The SMILES string of the molecule is CCCCCCCCCCCCCCC(=O)OC[C@H](COC(=O)CCCCCCCCCCCCCCCCC(C)C)OC(=O)CCCCCCCCCCCC. The zero-order valence-electron chi connectivity index (χ0n) is 38.8. The third kappa shape index (κ3) is 45.3. The van der Waals surface area contributed by atoms with Crippen molar-refractivity contribution in [3.05, 3.63) is 0 Å². The normalized spacial score (nSPS) is 11.9. The first-order valence-electron chi connectivity index (χ1n) is 25.4. The van der Waals surface area contributed by atoms with Gasteiger partial charge in [0.25, 0.3) is 0 Å². The van der Waals surface area contributed by atoms with Crippen LogP contribution >= 0.6 is 0 Å². The monoisotopic (exact) mass is 807 g/mol. The molecule has 0 rings (SSSR count). The number of ether oxygens (including phenoxy) is 3. The Kier molecular flexibility index (Phi) is 44.2. The van der Waals surface area contributed by atoms with Crippen LogP contribution in [-0.4, -0.2) is 37.2 Å². The first kappa shape index (κ1) is 55.4. The number of unbranched alkanes of at least 4 members (excludes halogenated alkanes) is 33. The van der Waals surface area contributed by atoms with Crippen molar-refractivity contribution in [3.63, 3.8) is 0 Å². The van der Waals surface area contributed by atoms with Crippen LogP contribution in [-0.2, 0) is 28.6 Å². The third-order valence-electron chi connectivity index (χ3n) is 11.5. The van der Waals surface area contributed by atoms with Gasteiger partial charge in [-0.15, -0.1) is 0 Å². The molecule has 0 aromatic carbocycles. The molecule has 1 atom stereocenters. The zero-order chi connectivity index (χ0) is 41.7. The van der Waals surface area contributed by atoms with Crippen LogP contribution in [0.4, 0.5) is 0 Å². The Balaban J connectivity index is 4.25. The maximum absolute atomic E-state index is 12.7. The summed E-state index contributed by atoms with van der Waals surface area (Å²) in [6, 6.07) is 0. The lowest BCUT2D eigenvalue weighted by molar-refractivity contribution is -0.167. The van der Waals surface area contributed by atoms with Crippen molar-refractivity contribution in [1.29, 1.82) is 0 Å². The zero-order valence-corrected chi connectivity index (χ0v) is 38.8. The molecule has 0 aliphatic heterocycles. The third-order valence-corrected chi connectivity index (χ3v) is 11.5. The van der Waals surface area contributed by atoms with E-state index in [-0.39, 0.29) is 31.1 Å². The van der Waals surface area contributed by atoms with Gasteiger partial charge in [-0.2, -0.15) is 0 Å². The van der Waals surface area contributed by atoms with Crippen molar-refractivity contribution >= 4 is 17.9 Å². The van der Waals surface area contributed by atoms with Crippen LogP contribution in [0.25, 0.3) is 0 Å². The molecule has 0 saturated carbocycles. The Morgan fingerprint density at radius 2 is 0.579 bits per heavy atom. The van der Waals surface area contributed by atoms with Gasteiger partial charge < -0.3 is 14.2 Å². The topological polar surface area (TPSA) is 78.9 Å². The minimum absolute atomic E-state index is 0.0629. The molecular formula is C51H98O6. The molecule has 0 N–H and O–H groups in total. The van der Waals surface area contributed by atoms with E-state index in [4.69, 9.17) is 14.2 Å². The van der Waals surface area contributed by atoms with Gasteiger partial charge in [-0.05, 0) is 25.2 Å². The molecule has 6 nitrogen and oxygen atoms in total. The molecule has 0 unspecified atom stereocenters. The lowest BCUT2D eigenvalue weighted by Gasteiger charge is -2.18. The van der Waals surface area contributed by atoms with Crippen molar-refractivity contribution in [2.24, 2.45) is 5.92 Å². The minimum atomic E-state index is -0.759. The Morgan fingerprint density at radius 3 is 0.860 bits per heavy atom. The van der Waals surface area contributed by atoms with Crippen molar-refractivity contribution < 1.29 is 28.6 Å². The Morgan fingerprint density at radius 1 is 0.333 bits per heavy atom. The molecule has 0 amide bonds. The van der Waals surface area contributed by atoms with Gasteiger partial charge in [0, 0.05) is 19.3 Å². The van der Waals surface area contributed by atoms with Gasteiger partial charge in [-0.25, -0.2) is 0 Å². The largest absolute Gasteiger partial charge is 0.462 e. The Labute approximate surface area is 355 Å². The Bertz CT molecular complexity index is 857. The summed E-state index contributed by atoms with van der Waals surface area (Å²) >= 11 is 0. The lowest BCUT2D eigenvalue weighted by atomic mass is 10.0. The van der Waals surface area contributed by atoms with Crippen LogP contribution in [0, 0.1) is 5.92 Å². The number of hydrogen-bond donors (Lipinski definition) is 0. The van der Waals surface area contributed by atoms with Crippen LogP contribution < -0.4 is 0 Å². The highest BCUT2D eigenvalue weighted by Crippen LogP contribution is 2.17. The van der Waals surface area contributed by atoms with Gasteiger partial charge in [0.1, 0.15) is 13.2 Å². The maximum atomic E-state index is 12.7. The summed E-state index contributed by atoms with van der Waals surface area (Å²) in [6.45, 7) is 9.02. The number of carbonyl (C=O) groups is 3. The molecule has 0 bridgehead atoms. The van der Waals surface area contributed by atoms with Crippen molar-refractivity contribution in [2.75, 3.05) is 13.2 Å². The molecule has 0 fully saturated rings. The quantitative estimate of drug-likeness (QED) is 0.0346. The van der Waals surface area contributed by atoms with Crippen LogP contribution in [0.2, 0.25) is 0 Å². The fraction of sp³-hybridized carbons (Fsp3) is 0.941. The predicted molar refractivity (Wildman–Crippen MR) is 243 cm³/mol. The van der Waals surface area contributed by atoms with E-state index in [0.717, 1.165) is 63.7 Å². The second-order valence-electron chi connectivity index (χ2n) is 17.9. The second kappa shape index (κ2) is 45.5. The fourth-order valence-electron chi connectivity index (χ4n) is 7.69. The number of esters is 3. The number of rotatable bonds is 46. The minimum Gasteiger partial charge on any atom is -0.462 e. The average Bonchev–Trinajstić information content (AvgIpc) is 3.19. The lowest BCUT2D eigenvalue weighted by Crippen LogP contribution is -2.30. The van der Waals surface area contributed by atoms with Gasteiger partial charge in [0.15, 0.2) is 6.10 Å². The van der Waals surface area contributed by atoms with E-state index in [9.17, 15) is 14.4 Å². The van der Waals surface area contributed by atoms with E-state index in [0.29, 0.717) is 19.3 Å². The van der Waals surface area contributed by atoms with E-state index < -0.39 is 6.10 Å². The molecule has 0 radical (unpaired) electrons. The highest BCUT2D eigenvalue weighted by atomic mass is 16.6. The molecular weight excluding hydrogens is 709 g/mol. The molecule has 0 aromatic heterocycles. The molecule has 0 aliphatic rings. The summed E-state index contributed by atoms with van der Waals surface area (Å²) in [7, 11) is 0. The highest BCUT2D eigenvalue weighted by molar-refractivity contribution is 5.71. The summed E-state index contributed by atoms with van der Waals surface area (Å²) in [5, 5.41) is 0. The maximum Gasteiger partial charge on any atom is 0.306 e. The predicted octanol–water partition coefficient (Wildman–Crippen LogP) is 16.3. The first-order valence-corrected chi connectivity index (χ1v) is 25.4. The standard InChI is InChI=1S/C51H98O6/c1-5-7-9-11-13-15-17-23-27-30-34-38-42-49(52)55-45-48(57-51(54)44-40-36-32-26-16-14-12-10-8-6-2)46-56-50(53)43-39-35-31-28-24-21-19-18-20-22-25-29-33-37-41-47(3)4/h47-48H,5-46H2,1-4H3/t48-/m1/s1. The van der Waals surface area contributed by atoms with Crippen LogP contribution in [0.3, 0.4) is 0 Å². The van der Waals surface area contributed by atoms with Crippen LogP contribution in [0.15, 0.2) is 0 Å². The molecule has 0 aromatic rings. The first-order chi connectivity index (χ1) is 27.9. The van der Waals surface area contributed by atoms with E-state index in [2.05, 4.69) is 27.7 Å². The van der Waals surface area contributed by atoms with Crippen molar-refractivity contribution in [2.45, 2.75) is 291 Å². The van der Waals surface area contributed by atoms with Gasteiger partial charge in [-0.3, -0.25) is 14.4 Å². The molecule has 0 spiro atoms. The molecule has 338 valence electrons. The Hall–Kier alpha value is -1.59. The second-order valence-corrected chi connectivity index (χ2v) is 17.9. The molecule has 0 heterocycles. The van der Waals surface area contributed by atoms with Crippen molar-refractivity contribution in [1.82, 2.24) is 0 Å². The van der Waals surface area contributed by atoms with Gasteiger partial charge in [0.05, 0.1) is 0 Å². The average molecular weight is 807 g/mol. The highest BCUT2D eigenvalue weighted by Gasteiger charge is 2.19. The smallest absolute Gasteiger partial charge is 0.306 e. The van der Waals surface area contributed by atoms with Crippen LogP contribution in [0.1, 0.15) is 285 Å².